The topological polar surface area (TPSA) is 86.5 Å². The number of hydrogen-bond donors (Lipinski definition) is 3. The summed E-state index contributed by atoms with van der Waals surface area (Å²) >= 11 is 0. The van der Waals surface area contributed by atoms with E-state index in [0.717, 1.165) is 11.4 Å². The van der Waals surface area contributed by atoms with Gasteiger partial charge in [-0.05, 0) is 12.8 Å². The van der Waals surface area contributed by atoms with E-state index in [9.17, 15) is 4.79 Å². The molecule has 2 aromatic heterocycles. The highest BCUT2D eigenvalue weighted by Gasteiger charge is 2.13. The molecule has 6 heteroatoms. The first-order valence-electron chi connectivity index (χ1n) is 5.44. The number of nitrogens with one attached hydrogen (secondary N) is 3. The molecular weight excluding hydrogens is 218 g/mol. The third kappa shape index (κ3) is 2.35. The fraction of sp³-hybridized carbons (Fsp3) is 0.364. The second-order valence-electron chi connectivity index (χ2n) is 4.23. The number of rotatable bonds is 3. The van der Waals surface area contributed by atoms with Crippen molar-refractivity contribution in [3.05, 3.63) is 29.2 Å². The third-order valence-corrected chi connectivity index (χ3v) is 2.54. The number of aromatic amines is 2. The van der Waals surface area contributed by atoms with Crippen LogP contribution >= 0.6 is 0 Å². The Labute approximate surface area is 98.8 Å². The highest BCUT2D eigenvalue weighted by molar-refractivity contribution is 6.04. The molecule has 0 unspecified atom stereocenters. The minimum atomic E-state index is -0.210. The average molecular weight is 233 g/mol. The van der Waals surface area contributed by atoms with Crippen LogP contribution in [-0.2, 0) is 0 Å². The number of aryl methyl sites for hydroxylation is 1. The maximum absolute atomic E-state index is 11.9. The minimum Gasteiger partial charge on any atom is -0.305 e. The molecule has 0 saturated heterocycles. The van der Waals surface area contributed by atoms with Crippen LogP contribution in [0.3, 0.4) is 0 Å². The molecule has 2 rings (SSSR count). The number of carbonyl (C=O) groups excluding carboxylic acids is 1. The quantitative estimate of drug-likeness (QED) is 0.755. The Kier molecular flexibility index (Phi) is 2.95. The zero-order valence-corrected chi connectivity index (χ0v) is 10.0. The molecule has 6 nitrogen and oxygen atoms in total. The Morgan fingerprint density at radius 3 is 2.71 bits per heavy atom. The van der Waals surface area contributed by atoms with Crippen LogP contribution in [0.15, 0.2) is 12.3 Å². The summed E-state index contributed by atoms with van der Waals surface area (Å²) in [5, 5.41) is 16.2. The number of H-pyrrole nitrogens is 2. The van der Waals surface area contributed by atoms with Crippen molar-refractivity contribution in [2.24, 2.45) is 0 Å². The predicted octanol–water partition coefficient (Wildman–Crippen LogP) is 1.82. The molecule has 17 heavy (non-hydrogen) atoms. The number of aromatic nitrogens is 4. The van der Waals surface area contributed by atoms with Gasteiger partial charge in [-0.25, -0.2) is 0 Å². The third-order valence-electron chi connectivity index (χ3n) is 2.54. The van der Waals surface area contributed by atoms with Crippen LogP contribution < -0.4 is 5.32 Å². The first-order valence-corrected chi connectivity index (χ1v) is 5.44. The lowest BCUT2D eigenvalue weighted by atomic mass is 10.1. The van der Waals surface area contributed by atoms with E-state index in [0.29, 0.717) is 17.3 Å². The summed E-state index contributed by atoms with van der Waals surface area (Å²) in [6.45, 7) is 5.91. The standard InChI is InChI=1S/C11H15N5O/c1-6(2)9-4-10(16-15-9)13-11(17)8-5-12-14-7(8)3/h4-6H,1-3H3,(H,12,14)(H2,13,15,16,17). The van der Waals surface area contributed by atoms with Gasteiger partial charge in [0.1, 0.15) is 0 Å². The molecule has 0 atom stereocenters. The van der Waals surface area contributed by atoms with E-state index in [1.807, 2.05) is 6.07 Å². The molecule has 0 saturated carbocycles. The summed E-state index contributed by atoms with van der Waals surface area (Å²) in [5.41, 5.74) is 2.26. The molecule has 0 aliphatic rings. The maximum Gasteiger partial charge on any atom is 0.260 e. The van der Waals surface area contributed by atoms with Gasteiger partial charge in [0.05, 0.1) is 11.8 Å². The van der Waals surface area contributed by atoms with Crippen LogP contribution in [0.5, 0.6) is 0 Å². The van der Waals surface area contributed by atoms with Gasteiger partial charge in [0, 0.05) is 17.5 Å². The Bertz CT molecular complexity index is 525. The van der Waals surface area contributed by atoms with E-state index in [1.54, 1.807) is 6.92 Å². The normalized spacial score (nSPS) is 10.8. The molecule has 0 aromatic carbocycles. The zero-order valence-electron chi connectivity index (χ0n) is 10.0. The van der Waals surface area contributed by atoms with Gasteiger partial charge < -0.3 is 5.32 Å². The molecule has 90 valence electrons. The van der Waals surface area contributed by atoms with Crippen molar-refractivity contribution in [1.29, 1.82) is 0 Å². The first-order chi connectivity index (χ1) is 8.08. The van der Waals surface area contributed by atoms with E-state index in [1.165, 1.54) is 6.20 Å². The second-order valence-corrected chi connectivity index (χ2v) is 4.23. The Morgan fingerprint density at radius 2 is 2.18 bits per heavy atom. The van der Waals surface area contributed by atoms with Gasteiger partial charge in [0.25, 0.3) is 5.91 Å². The maximum atomic E-state index is 11.9. The van der Waals surface area contributed by atoms with Gasteiger partial charge in [-0.3, -0.25) is 15.0 Å². The molecule has 2 heterocycles. The van der Waals surface area contributed by atoms with E-state index < -0.39 is 0 Å². The molecule has 0 fully saturated rings. The summed E-state index contributed by atoms with van der Waals surface area (Å²) in [5.74, 6) is 0.668. The van der Waals surface area contributed by atoms with Crippen molar-refractivity contribution in [2.45, 2.75) is 26.7 Å². The van der Waals surface area contributed by atoms with Gasteiger partial charge >= 0.3 is 0 Å². The smallest absolute Gasteiger partial charge is 0.260 e. The molecule has 0 spiro atoms. The fourth-order valence-corrected chi connectivity index (χ4v) is 1.46. The highest BCUT2D eigenvalue weighted by Crippen LogP contribution is 2.15. The highest BCUT2D eigenvalue weighted by atomic mass is 16.1. The predicted molar refractivity (Wildman–Crippen MR) is 64.0 cm³/mol. The van der Waals surface area contributed by atoms with Gasteiger partial charge in [-0.2, -0.15) is 10.2 Å². The lowest BCUT2D eigenvalue weighted by molar-refractivity contribution is 0.102. The van der Waals surface area contributed by atoms with Crippen molar-refractivity contribution in [1.82, 2.24) is 20.4 Å². The van der Waals surface area contributed by atoms with E-state index in [2.05, 4.69) is 39.6 Å². The Hall–Kier alpha value is -2.11. The SMILES string of the molecule is Cc1[nH]ncc1C(=O)Nc1cc(C(C)C)[nH]n1. The number of amides is 1. The second kappa shape index (κ2) is 4.40. The van der Waals surface area contributed by atoms with Crippen molar-refractivity contribution in [2.75, 3.05) is 5.32 Å². The number of hydrogen-bond acceptors (Lipinski definition) is 3. The number of nitrogens with zero attached hydrogens (tertiary/aromatic N) is 2. The minimum absolute atomic E-state index is 0.210. The molecule has 0 radical (unpaired) electrons. The molecular formula is C11H15N5O. The molecule has 3 N–H and O–H groups in total. The molecule has 0 aliphatic carbocycles. The van der Waals surface area contributed by atoms with E-state index in [-0.39, 0.29) is 5.91 Å². The van der Waals surface area contributed by atoms with Crippen LogP contribution in [0.4, 0.5) is 5.82 Å². The lowest BCUT2D eigenvalue weighted by Crippen LogP contribution is -2.12. The van der Waals surface area contributed by atoms with Crippen molar-refractivity contribution in [3.63, 3.8) is 0 Å². The van der Waals surface area contributed by atoms with Crippen molar-refractivity contribution < 1.29 is 4.79 Å². The van der Waals surface area contributed by atoms with E-state index >= 15 is 0 Å². The summed E-state index contributed by atoms with van der Waals surface area (Å²) < 4.78 is 0. The molecule has 0 bridgehead atoms. The average Bonchev–Trinajstić information content (AvgIpc) is 2.86. The molecule has 1 amide bonds. The fourth-order valence-electron chi connectivity index (χ4n) is 1.46. The summed E-state index contributed by atoms with van der Waals surface area (Å²) in [6, 6.07) is 1.83. The largest absolute Gasteiger partial charge is 0.305 e. The summed E-state index contributed by atoms with van der Waals surface area (Å²) in [7, 11) is 0. The van der Waals surface area contributed by atoms with Gasteiger partial charge in [0.2, 0.25) is 0 Å². The van der Waals surface area contributed by atoms with Crippen LogP contribution in [0.1, 0.15) is 41.5 Å². The Morgan fingerprint density at radius 1 is 1.41 bits per heavy atom. The van der Waals surface area contributed by atoms with Crippen LogP contribution in [0.25, 0.3) is 0 Å². The van der Waals surface area contributed by atoms with E-state index in [4.69, 9.17) is 0 Å². The van der Waals surface area contributed by atoms with Crippen LogP contribution in [0, 0.1) is 6.92 Å². The van der Waals surface area contributed by atoms with Gasteiger partial charge in [-0.15, -0.1) is 0 Å². The number of carbonyl (C=O) groups is 1. The van der Waals surface area contributed by atoms with Gasteiger partial charge in [0.15, 0.2) is 5.82 Å². The summed E-state index contributed by atoms with van der Waals surface area (Å²) in [6.07, 6.45) is 1.50. The van der Waals surface area contributed by atoms with Crippen molar-refractivity contribution in [3.8, 4) is 0 Å². The monoisotopic (exact) mass is 233 g/mol. The summed E-state index contributed by atoms with van der Waals surface area (Å²) in [4.78, 5) is 11.9. The molecule has 0 aliphatic heterocycles. The lowest BCUT2D eigenvalue weighted by Gasteiger charge is -1.99. The number of anilines is 1. The van der Waals surface area contributed by atoms with Crippen LogP contribution in [-0.4, -0.2) is 26.3 Å². The first kappa shape index (κ1) is 11.4. The van der Waals surface area contributed by atoms with Gasteiger partial charge in [-0.1, -0.05) is 13.8 Å². The Balaban J connectivity index is 2.11. The van der Waals surface area contributed by atoms with Crippen LogP contribution in [0.2, 0.25) is 0 Å². The van der Waals surface area contributed by atoms with Crippen molar-refractivity contribution >= 4 is 11.7 Å². The molecule has 2 aromatic rings. The zero-order chi connectivity index (χ0) is 12.4.